The molecule has 3 heterocycles. The quantitative estimate of drug-likeness (QED) is 0.877. The average Bonchev–Trinajstić information content (AvgIpc) is 3.06. The van der Waals surface area contributed by atoms with Crippen LogP contribution in [0.2, 0.25) is 0 Å². The zero-order chi connectivity index (χ0) is 17.6. The van der Waals surface area contributed by atoms with Crippen molar-refractivity contribution in [3.05, 3.63) is 53.2 Å². The van der Waals surface area contributed by atoms with Crippen LogP contribution in [0.4, 0.5) is 0 Å². The number of aryl methyl sites for hydroxylation is 1. The van der Waals surface area contributed by atoms with Gasteiger partial charge in [0.05, 0.1) is 6.54 Å². The number of piperidine rings is 1. The van der Waals surface area contributed by atoms with Crippen LogP contribution in [0.3, 0.4) is 0 Å². The molecule has 1 fully saturated rings. The van der Waals surface area contributed by atoms with Crippen molar-refractivity contribution in [3.63, 3.8) is 0 Å². The average molecular weight is 341 g/mol. The van der Waals surface area contributed by atoms with Crippen molar-refractivity contribution in [2.75, 3.05) is 19.6 Å². The first-order valence-corrected chi connectivity index (χ1v) is 9.12. The van der Waals surface area contributed by atoms with Crippen molar-refractivity contribution in [1.82, 2.24) is 15.2 Å². The van der Waals surface area contributed by atoms with E-state index in [2.05, 4.69) is 22.1 Å². The fraction of sp³-hybridized carbons (Fsp3) is 0.500. The number of nitrogens with one attached hydrogen (secondary N) is 1. The van der Waals surface area contributed by atoms with Gasteiger partial charge in [-0.05, 0) is 63.0 Å². The number of hydrogen-bond acceptors (Lipinski definition) is 4. The molecule has 5 nitrogen and oxygen atoms in total. The van der Waals surface area contributed by atoms with E-state index >= 15 is 0 Å². The number of pyridine rings is 1. The first-order valence-electron chi connectivity index (χ1n) is 9.12. The lowest BCUT2D eigenvalue weighted by Crippen LogP contribution is -2.32. The number of likely N-dealkylation sites (tertiary alicyclic amines) is 1. The van der Waals surface area contributed by atoms with Crippen LogP contribution in [0.25, 0.3) is 0 Å². The summed E-state index contributed by atoms with van der Waals surface area (Å²) in [5.41, 5.74) is 1.98. The van der Waals surface area contributed by atoms with Crippen molar-refractivity contribution in [2.45, 2.75) is 39.7 Å². The third-order valence-electron chi connectivity index (χ3n) is 4.75. The highest BCUT2D eigenvalue weighted by atomic mass is 16.4. The molecule has 3 rings (SSSR count). The summed E-state index contributed by atoms with van der Waals surface area (Å²) in [7, 11) is 0. The molecule has 0 bridgehead atoms. The molecule has 0 saturated carbocycles. The second-order valence-electron chi connectivity index (χ2n) is 7.00. The second kappa shape index (κ2) is 8.30. The van der Waals surface area contributed by atoms with Gasteiger partial charge in [0.15, 0.2) is 5.76 Å². The third kappa shape index (κ3) is 5.16. The zero-order valence-electron chi connectivity index (χ0n) is 15.1. The molecule has 1 aliphatic heterocycles. The molecule has 1 saturated heterocycles. The Balaban J connectivity index is 1.45. The zero-order valence-corrected chi connectivity index (χ0v) is 15.1. The van der Waals surface area contributed by atoms with Gasteiger partial charge in [-0.2, -0.15) is 0 Å². The van der Waals surface area contributed by atoms with Gasteiger partial charge in [0.2, 0.25) is 0 Å². The van der Waals surface area contributed by atoms with Crippen molar-refractivity contribution in [2.24, 2.45) is 5.92 Å². The largest absolute Gasteiger partial charge is 0.455 e. The molecule has 134 valence electrons. The number of aromatic nitrogens is 1. The lowest BCUT2D eigenvalue weighted by molar-refractivity contribution is 0.0921. The van der Waals surface area contributed by atoms with Crippen molar-refractivity contribution >= 4 is 5.91 Å². The Morgan fingerprint density at radius 1 is 1.28 bits per heavy atom. The summed E-state index contributed by atoms with van der Waals surface area (Å²) in [5.74, 6) is 1.90. The Bertz CT molecular complexity index is 702. The van der Waals surface area contributed by atoms with Crippen LogP contribution in [0.5, 0.6) is 0 Å². The molecule has 0 atom stereocenters. The van der Waals surface area contributed by atoms with Gasteiger partial charge in [0, 0.05) is 24.4 Å². The summed E-state index contributed by atoms with van der Waals surface area (Å²) in [4.78, 5) is 19.0. The Hall–Kier alpha value is -2.14. The maximum absolute atomic E-state index is 12.2. The first kappa shape index (κ1) is 17.7. The number of furan rings is 1. The minimum atomic E-state index is -0.161. The predicted octanol–water partition coefficient (Wildman–Crippen LogP) is 3.19. The molecule has 0 radical (unpaired) electrons. The Morgan fingerprint density at radius 3 is 2.84 bits per heavy atom. The summed E-state index contributed by atoms with van der Waals surface area (Å²) in [6.45, 7) is 7.82. The number of carbonyl (C=O) groups is 1. The maximum atomic E-state index is 12.2. The molecule has 0 aliphatic carbocycles. The van der Waals surface area contributed by atoms with Crippen molar-refractivity contribution in [3.8, 4) is 0 Å². The monoisotopic (exact) mass is 341 g/mol. The second-order valence-corrected chi connectivity index (χ2v) is 7.00. The molecule has 2 aromatic rings. The molecular weight excluding hydrogens is 314 g/mol. The molecule has 25 heavy (non-hydrogen) atoms. The number of nitrogens with zero attached hydrogens (tertiary/aromatic N) is 2. The van der Waals surface area contributed by atoms with E-state index < -0.39 is 0 Å². The van der Waals surface area contributed by atoms with Crippen LogP contribution in [0.1, 0.15) is 47.5 Å². The molecule has 0 spiro atoms. The van der Waals surface area contributed by atoms with E-state index in [1.54, 1.807) is 6.07 Å². The van der Waals surface area contributed by atoms with Gasteiger partial charge in [0.1, 0.15) is 5.76 Å². The summed E-state index contributed by atoms with van der Waals surface area (Å²) in [6, 6.07) is 9.61. The van der Waals surface area contributed by atoms with Gasteiger partial charge in [-0.15, -0.1) is 0 Å². The highest BCUT2D eigenvalue weighted by molar-refractivity contribution is 5.91. The lowest BCUT2D eigenvalue weighted by Gasteiger charge is -2.29. The van der Waals surface area contributed by atoms with Gasteiger partial charge in [-0.25, -0.2) is 0 Å². The van der Waals surface area contributed by atoms with E-state index in [-0.39, 0.29) is 5.91 Å². The molecule has 0 unspecified atom stereocenters. The SMILES string of the molecule is Cc1cccc(CCNC(=O)c2ccc(CN3CCC(C)CC3)o2)n1. The van der Waals surface area contributed by atoms with Gasteiger partial charge >= 0.3 is 0 Å². The summed E-state index contributed by atoms with van der Waals surface area (Å²) in [6.07, 6.45) is 3.19. The number of carbonyl (C=O) groups excluding carboxylic acids is 1. The van der Waals surface area contributed by atoms with E-state index in [0.29, 0.717) is 18.7 Å². The minimum Gasteiger partial charge on any atom is -0.455 e. The minimum absolute atomic E-state index is 0.161. The maximum Gasteiger partial charge on any atom is 0.287 e. The summed E-state index contributed by atoms with van der Waals surface area (Å²) >= 11 is 0. The van der Waals surface area contributed by atoms with E-state index in [0.717, 1.165) is 42.7 Å². The van der Waals surface area contributed by atoms with E-state index in [9.17, 15) is 4.79 Å². The molecule has 0 aromatic carbocycles. The van der Waals surface area contributed by atoms with E-state index in [1.807, 2.05) is 31.2 Å². The lowest BCUT2D eigenvalue weighted by atomic mass is 9.99. The van der Waals surface area contributed by atoms with Crippen LogP contribution < -0.4 is 5.32 Å². The smallest absolute Gasteiger partial charge is 0.287 e. The van der Waals surface area contributed by atoms with Crippen LogP contribution in [0, 0.1) is 12.8 Å². The number of rotatable bonds is 6. The Morgan fingerprint density at radius 2 is 2.08 bits per heavy atom. The molecule has 1 amide bonds. The summed E-state index contributed by atoms with van der Waals surface area (Å²) in [5, 5.41) is 2.90. The normalized spacial score (nSPS) is 16.1. The Kier molecular flexibility index (Phi) is 5.87. The number of hydrogen-bond donors (Lipinski definition) is 1. The van der Waals surface area contributed by atoms with Crippen LogP contribution >= 0.6 is 0 Å². The molecule has 1 N–H and O–H groups in total. The van der Waals surface area contributed by atoms with Gasteiger partial charge in [-0.3, -0.25) is 14.7 Å². The van der Waals surface area contributed by atoms with Crippen LogP contribution in [-0.2, 0) is 13.0 Å². The first-order chi connectivity index (χ1) is 12.1. The van der Waals surface area contributed by atoms with Crippen molar-refractivity contribution in [1.29, 1.82) is 0 Å². The van der Waals surface area contributed by atoms with E-state index in [1.165, 1.54) is 12.8 Å². The van der Waals surface area contributed by atoms with E-state index in [4.69, 9.17) is 4.42 Å². The molecule has 5 heteroatoms. The van der Waals surface area contributed by atoms with Gasteiger partial charge in [-0.1, -0.05) is 13.0 Å². The predicted molar refractivity (Wildman–Crippen MR) is 97.4 cm³/mol. The van der Waals surface area contributed by atoms with Gasteiger partial charge < -0.3 is 9.73 Å². The highest BCUT2D eigenvalue weighted by Crippen LogP contribution is 2.19. The highest BCUT2D eigenvalue weighted by Gasteiger charge is 2.18. The number of amides is 1. The third-order valence-corrected chi connectivity index (χ3v) is 4.75. The van der Waals surface area contributed by atoms with Crippen LogP contribution in [0.15, 0.2) is 34.7 Å². The fourth-order valence-electron chi connectivity index (χ4n) is 3.16. The van der Waals surface area contributed by atoms with Gasteiger partial charge in [0.25, 0.3) is 5.91 Å². The molecule has 1 aliphatic rings. The topological polar surface area (TPSA) is 58.4 Å². The Labute approximate surface area is 149 Å². The van der Waals surface area contributed by atoms with Crippen molar-refractivity contribution < 1.29 is 9.21 Å². The standard InChI is InChI=1S/C20H27N3O2/c1-15-9-12-23(13-10-15)14-18-6-7-19(25-18)20(24)21-11-8-17-5-3-4-16(2)22-17/h3-7,15H,8-14H2,1-2H3,(H,21,24). The molecule has 2 aromatic heterocycles. The molecular formula is C20H27N3O2. The summed E-state index contributed by atoms with van der Waals surface area (Å²) < 4.78 is 5.73. The fourth-order valence-corrected chi connectivity index (χ4v) is 3.16. The van der Waals surface area contributed by atoms with Crippen LogP contribution in [-0.4, -0.2) is 35.4 Å².